The molecule has 4 amide bonds. The first-order valence-corrected chi connectivity index (χ1v) is 32.5. The summed E-state index contributed by atoms with van der Waals surface area (Å²) in [6, 6.07) is 0.454. The summed E-state index contributed by atoms with van der Waals surface area (Å²) < 4.78 is 145. The highest BCUT2D eigenvalue weighted by Crippen LogP contribution is 2.36. The predicted molar refractivity (Wildman–Crippen MR) is 325 cm³/mol. The van der Waals surface area contributed by atoms with E-state index in [4.69, 9.17) is 53.1 Å². The lowest BCUT2D eigenvalue weighted by molar-refractivity contribution is -0.136. The van der Waals surface area contributed by atoms with Crippen LogP contribution in [0, 0.1) is 28.7 Å². The van der Waals surface area contributed by atoms with E-state index < -0.39 is 75.1 Å². The van der Waals surface area contributed by atoms with Crippen molar-refractivity contribution < 1.29 is 107 Å². The molecule has 3 rings (SSSR count). The summed E-state index contributed by atoms with van der Waals surface area (Å²) in [6.07, 6.45) is 6.07. The van der Waals surface area contributed by atoms with Crippen LogP contribution in [0.2, 0.25) is 0 Å². The van der Waals surface area contributed by atoms with Crippen LogP contribution in [-0.2, 0) is 87.9 Å². The number of hydrogen-bond donors (Lipinski definition) is 5. The third-order valence-electron chi connectivity index (χ3n) is 12.4. The Bertz CT molecular complexity index is 2610. The molecular weight excluding hydrogens is 1240 g/mol. The van der Waals surface area contributed by atoms with Crippen molar-refractivity contribution in [3.8, 4) is 5.75 Å². The van der Waals surface area contributed by atoms with Gasteiger partial charge in [-0.1, -0.05) is 34.1 Å². The van der Waals surface area contributed by atoms with Gasteiger partial charge in [-0.3, -0.25) is 28.5 Å². The van der Waals surface area contributed by atoms with E-state index in [1.807, 2.05) is 39.8 Å². The highest BCUT2D eigenvalue weighted by Gasteiger charge is 2.27. The molecule has 0 saturated carbocycles. The zero-order valence-electron chi connectivity index (χ0n) is 52.2. The Labute approximate surface area is 528 Å². The molecule has 25 nitrogen and oxygen atoms in total. The lowest BCUT2D eigenvalue weighted by Gasteiger charge is -2.24. The maximum Gasteiger partial charge on any atom is 0.313 e. The second-order valence-corrected chi connectivity index (χ2v) is 24.2. The van der Waals surface area contributed by atoms with E-state index >= 15 is 0 Å². The molecule has 2 heterocycles. The van der Waals surface area contributed by atoms with Crippen LogP contribution in [-0.4, -0.2) is 223 Å². The first-order chi connectivity index (χ1) is 43.1. The lowest BCUT2D eigenvalue weighted by atomic mass is 9.92. The number of nitrogens with zero attached hydrogens (tertiary/aromatic N) is 2. The number of rotatable bonds is 52. The number of fused-ring (bicyclic) bond motifs is 1. The quantitative estimate of drug-likeness (QED) is 0.0145. The monoisotopic (exact) mass is 1330 g/mol. The van der Waals surface area contributed by atoms with E-state index in [0.717, 1.165) is 22.6 Å². The van der Waals surface area contributed by atoms with E-state index in [2.05, 4.69) is 25.7 Å². The summed E-state index contributed by atoms with van der Waals surface area (Å²) in [5, 5.41) is 7.97. The van der Waals surface area contributed by atoms with Crippen LogP contribution < -0.4 is 26.4 Å². The third kappa shape index (κ3) is 36.7. The van der Waals surface area contributed by atoms with Crippen molar-refractivity contribution in [2.45, 2.75) is 97.9 Å². The minimum Gasteiger partial charge on any atom is -0.420 e. The number of carbonyl (C=O) groups excluding carboxylic acids is 5. The van der Waals surface area contributed by atoms with Gasteiger partial charge in [-0.2, -0.15) is 17.2 Å². The Morgan fingerprint density at radius 1 is 0.656 bits per heavy atom. The number of carbonyl (C=O) groups is 5. The van der Waals surface area contributed by atoms with Gasteiger partial charge in [0.15, 0.2) is 11.6 Å². The van der Waals surface area contributed by atoms with Crippen molar-refractivity contribution in [2.24, 2.45) is 16.1 Å². The maximum absolute atomic E-state index is 13.8. The second kappa shape index (κ2) is 45.9. The van der Waals surface area contributed by atoms with Gasteiger partial charge in [0, 0.05) is 62.0 Å². The van der Waals surface area contributed by atoms with Gasteiger partial charge < -0.3 is 78.7 Å². The molecule has 1 atom stereocenters. The average Bonchev–Trinajstić information content (AvgIpc) is 2.01. The Morgan fingerprint density at radius 2 is 1.13 bits per heavy atom. The van der Waals surface area contributed by atoms with Gasteiger partial charge in [0.05, 0.1) is 149 Å². The smallest absolute Gasteiger partial charge is 0.313 e. The van der Waals surface area contributed by atoms with Gasteiger partial charge in [0.25, 0.3) is 10.1 Å². The Hall–Kier alpha value is -5.29. The normalized spacial score (nSPS) is 12.9. The zero-order chi connectivity index (χ0) is 66.0. The number of unbranched alkanes of at least 4 members (excludes halogenated alkanes) is 2. The fourth-order valence-corrected chi connectivity index (χ4v) is 9.90. The van der Waals surface area contributed by atoms with E-state index in [-0.39, 0.29) is 88.9 Å². The molecule has 1 aliphatic rings. The molecule has 1 aromatic heterocycles. The largest absolute Gasteiger partial charge is 0.420 e. The van der Waals surface area contributed by atoms with E-state index in [1.54, 1.807) is 4.90 Å². The summed E-state index contributed by atoms with van der Waals surface area (Å²) >= 11 is 1.54. The lowest BCUT2D eigenvalue weighted by Crippen LogP contribution is -2.50. The number of nitrogens with two attached hydrogens (primary N) is 1. The molecule has 1 aromatic carbocycles. The molecule has 6 N–H and O–H groups in total. The fraction of sp³-hybridized carbons (Fsp3) is 0.695. The van der Waals surface area contributed by atoms with E-state index in [0.29, 0.717) is 155 Å². The van der Waals surface area contributed by atoms with Gasteiger partial charge in [0.2, 0.25) is 41.0 Å². The number of halogens is 4. The summed E-state index contributed by atoms with van der Waals surface area (Å²) in [4.78, 5) is 71.6. The van der Waals surface area contributed by atoms with Crippen molar-refractivity contribution >= 4 is 68.7 Å². The topological polar surface area (TPSA) is 319 Å². The average molecular weight is 1330 g/mol. The number of thiophene rings is 1. The molecule has 0 bridgehead atoms. The van der Waals surface area contributed by atoms with Crippen molar-refractivity contribution in [1.82, 2.24) is 20.9 Å². The molecule has 0 saturated heterocycles. The zero-order valence-corrected chi connectivity index (χ0v) is 53.8. The molecule has 0 aliphatic carbocycles. The van der Waals surface area contributed by atoms with Gasteiger partial charge in [0.1, 0.15) is 17.6 Å². The Balaban J connectivity index is 1.10. The first kappa shape index (κ1) is 78.9. The molecule has 0 fully saturated rings. The van der Waals surface area contributed by atoms with Crippen LogP contribution in [0.25, 0.3) is 6.08 Å². The summed E-state index contributed by atoms with van der Waals surface area (Å²) in [7, 11) is -4.62. The molecule has 1 aliphatic heterocycles. The number of nitrogens with one attached hydrogen (secondary N) is 3. The molecule has 0 spiro atoms. The number of ether oxygens (including phenoxy) is 11. The van der Waals surface area contributed by atoms with Crippen LogP contribution in [0.5, 0.6) is 5.75 Å². The highest BCUT2D eigenvalue weighted by molar-refractivity contribution is 7.85. The first-order valence-electron chi connectivity index (χ1n) is 30.1. The van der Waals surface area contributed by atoms with E-state index in [9.17, 15) is 54.5 Å². The van der Waals surface area contributed by atoms with Crippen molar-refractivity contribution in [1.29, 1.82) is 0 Å². The maximum atomic E-state index is 13.8. The fourth-order valence-electron chi connectivity index (χ4n) is 8.13. The molecule has 0 unspecified atom stereocenters. The SMILES string of the molecule is CCCN(CCCNC(=O)CC(C)(C)C)C(=O)C1=Cc2sc(CCCCCNC(=O)[C@H](CS(=O)(=O)O)NC(=O)CCOCCOCCOCCOCCOCCOCCOCCOCCOCCOCCC(=O)Oc3c(F)c(F)cc(F)c3F)cc2N=C(N)C1. The van der Waals surface area contributed by atoms with Crippen LogP contribution >= 0.6 is 11.3 Å². The standard InChI is InChI=1S/C59H92F4N6O19S2/c1-5-15-69(16-9-14-65-52(71)41-59(2,3)4)58(74)43-37-49-47(67-50(64)38-43)39-44(89-49)10-7-6-8-13-66-57(73)48(42-90(75,76)77)68-51(70)11-17-78-19-21-80-23-25-82-27-29-84-31-33-86-35-36-87-34-32-85-30-28-83-26-24-81-22-20-79-18-12-53(72)88-56-54(62)45(60)40-46(61)55(56)63/h37,39-40,48H,5-36,38,41-42H2,1-4H3,(H2,64,67)(H,65,71)(H,66,73)(H,68,70)(H,75,76,77)/t48-/m0/s1. The van der Waals surface area contributed by atoms with Gasteiger partial charge in [-0.05, 0) is 49.7 Å². The van der Waals surface area contributed by atoms with Crippen molar-refractivity contribution in [3.05, 3.63) is 50.7 Å². The minimum atomic E-state index is -4.62. The van der Waals surface area contributed by atoms with Crippen LogP contribution in [0.4, 0.5) is 23.2 Å². The van der Waals surface area contributed by atoms with Crippen LogP contribution in [0.3, 0.4) is 0 Å². The third-order valence-corrected chi connectivity index (χ3v) is 14.3. The minimum absolute atomic E-state index is 0.00645. The number of amidine groups is 1. The van der Waals surface area contributed by atoms with E-state index in [1.165, 1.54) is 11.3 Å². The van der Waals surface area contributed by atoms with Gasteiger partial charge in [-0.15, -0.1) is 11.3 Å². The number of aryl methyl sites for hydroxylation is 1. The van der Waals surface area contributed by atoms with Crippen LogP contribution in [0.1, 0.15) is 95.2 Å². The molecule has 0 radical (unpaired) electrons. The molecule has 2 aromatic rings. The number of aliphatic imine (C=N–C) groups is 1. The second-order valence-electron chi connectivity index (χ2n) is 21.5. The Morgan fingerprint density at radius 3 is 1.61 bits per heavy atom. The highest BCUT2D eigenvalue weighted by atomic mass is 32.2. The molecule has 512 valence electrons. The Kier molecular flexibility index (Phi) is 40.3. The molecular formula is C59H92F4N6O19S2. The number of benzene rings is 1. The molecule has 31 heteroatoms. The summed E-state index contributed by atoms with van der Waals surface area (Å²) in [6.45, 7) is 15.0. The number of amides is 4. The van der Waals surface area contributed by atoms with Gasteiger partial charge >= 0.3 is 5.97 Å². The number of esters is 1. The number of hydrogen-bond acceptors (Lipinski definition) is 21. The van der Waals surface area contributed by atoms with Crippen molar-refractivity contribution in [3.63, 3.8) is 0 Å². The predicted octanol–water partition coefficient (Wildman–Crippen LogP) is 5.01. The van der Waals surface area contributed by atoms with Gasteiger partial charge in [-0.25, -0.2) is 13.8 Å². The summed E-state index contributed by atoms with van der Waals surface area (Å²) in [5.74, 6) is -11.8. The molecule has 90 heavy (non-hydrogen) atoms. The van der Waals surface area contributed by atoms with Crippen molar-refractivity contribution in [2.75, 3.05) is 164 Å². The summed E-state index contributed by atoms with van der Waals surface area (Å²) in [5.41, 5.74) is 7.43. The van der Waals surface area contributed by atoms with Crippen LogP contribution in [0.15, 0.2) is 22.7 Å².